The summed E-state index contributed by atoms with van der Waals surface area (Å²) in [6.07, 6.45) is 1.94. The predicted molar refractivity (Wildman–Crippen MR) is 56.8 cm³/mol. The Morgan fingerprint density at radius 3 is 2.64 bits per heavy atom. The molecule has 0 aliphatic heterocycles. The van der Waals surface area contributed by atoms with Gasteiger partial charge in [0.1, 0.15) is 5.69 Å². The molecule has 2 rings (SSSR count). The average molecular weight is 190 g/mol. The van der Waals surface area contributed by atoms with Crippen LogP contribution in [0.2, 0.25) is 0 Å². The van der Waals surface area contributed by atoms with Gasteiger partial charge in [-0.25, -0.2) is 9.50 Å². The molecule has 2 aromatic heterocycles. The molecule has 0 N–H and O–H groups in total. The lowest BCUT2D eigenvalue weighted by molar-refractivity contribution is 0.909. The molecule has 0 saturated carbocycles. The van der Waals surface area contributed by atoms with E-state index in [4.69, 9.17) is 0 Å². The van der Waals surface area contributed by atoms with Gasteiger partial charge in [-0.2, -0.15) is 5.10 Å². The lowest BCUT2D eigenvalue weighted by Gasteiger charge is -2.10. The van der Waals surface area contributed by atoms with E-state index < -0.39 is 0 Å². The second-order valence-electron chi connectivity index (χ2n) is 3.67. The Morgan fingerprint density at radius 1 is 1.29 bits per heavy atom. The smallest absolute Gasteiger partial charge is 0.179 e. The van der Waals surface area contributed by atoms with Crippen LogP contribution in [0.25, 0.3) is 5.65 Å². The first-order valence-electron chi connectivity index (χ1n) is 4.59. The van der Waals surface area contributed by atoms with Crippen molar-refractivity contribution in [1.29, 1.82) is 0 Å². The highest BCUT2D eigenvalue weighted by atomic mass is 15.3. The number of hydrogen-bond donors (Lipinski definition) is 0. The predicted octanol–water partition coefficient (Wildman–Crippen LogP) is 1.41. The standard InChI is InChI=1S/C10H14N4/c1-7-5-6-14-10(11-7)9(13(3)4)8(2)12-14/h5-6H,1-4H3. The minimum atomic E-state index is 0.924. The first-order valence-corrected chi connectivity index (χ1v) is 4.59. The van der Waals surface area contributed by atoms with Crippen LogP contribution in [-0.4, -0.2) is 28.7 Å². The molecule has 0 atom stereocenters. The molecule has 2 aromatic rings. The van der Waals surface area contributed by atoms with Gasteiger partial charge in [-0.15, -0.1) is 0 Å². The maximum Gasteiger partial charge on any atom is 0.179 e. The number of aryl methyl sites for hydroxylation is 2. The summed E-state index contributed by atoms with van der Waals surface area (Å²) in [5, 5.41) is 4.39. The topological polar surface area (TPSA) is 33.4 Å². The number of hydrogen-bond acceptors (Lipinski definition) is 3. The minimum Gasteiger partial charge on any atom is -0.373 e. The first-order chi connectivity index (χ1) is 6.59. The van der Waals surface area contributed by atoms with Gasteiger partial charge in [0.2, 0.25) is 0 Å². The summed E-state index contributed by atoms with van der Waals surface area (Å²) in [5.41, 5.74) is 4.04. The Kier molecular flexibility index (Phi) is 1.91. The summed E-state index contributed by atoms with van der Waals surface area (Å²) in [5.74, 6) is 0. The molecule has 0 saturated heterocycles. The van der Waals surface area contributed by atoms with E-state index >= 15 is 0 Å². The third-order valence-corrected chi connectivity index (χ3v) is 2.22. The molecule has 0 aliphatic rings. The molecule has 0 bridgehead atoms. The fourth-order valence-electron chi connectivity index (χ4n) is 1.64. The molecule has 0 aromatic carbocycles. The second-order valence-corrected chi connectivity index (χ2v) is 3.67. The Labute approximate surface area is 83.2 Å². The number of anilines is 1. The van der Waals surface area contributed by atoms with Crippen molar-refractivity contribution < 1.29 is 0 Å². The summed E-state index contributed by atoms with van der Waals surface area (Å²) in [7, 11) is 4.02. The molecule has 14 heavy (non-hydrogen) atoms. The highest BCUT2D eigenvalue weighted by Gasteiger charge is 2.11. The minimum absolute atomic E-state index is 0.924. The van der Waals surface area contributed by atoms with Crippen molar-refractivity contribution in [3.8, 4) is 0 Å². The van der Waals surface area contributed by atoms with E-state index in [2.05, 4.69) is 10.1 Å². The summed E-state index contributed by atoms with van der Waals surface area (Å²) in [6.45, 7) is 3.99. The zero-order valence-corrected chi connectivity index (χ0v) is 8.94. The fraction of sp³-hybridized carbons (Fsp3) is 0.400. The summed E-state index contributed by atoms with van der Waals surface area (Å²) in [4.78, 5) is 6.52. The molecule has 0 radical (unpaired) electrons. The van der Waals surface area contributed by atoms with E-state index in [9.17, 15) is 0 Å². The maximum absolute atomic E-state index is 4.48. The van der Waals surface area contributed by atoms with Crippen LogP contribution in [0, 0.1) is 13.8 Å². The van der Waals surface area contributed by atoms with Crippen LogP contribution >= 0.6 is 0 Å². The van der Waals surface area contributed by atoms with Crippen LogP contribution in [0.5, 0.6) is 0 Å². The van der Waals surface area contributed by atoms with Gasteiger partial charge in [-0.1, -0.05) is 0 Å². The number of aromatic nitrogens is 3. The van der Waals surface area contributed by atoms with Crippen LogP contribution in [0.1, 0.15) is 11.4 Å². The van der Waals surface area contributed by atoms with Gasteiger partial charge < -0.3 is 4.90 Å². The fourth-order valence-corrected chi connectivity index (χ4v) is 1.64. The van der Waals surface area contributed by atoms with E-state index in [0.29, 0.717) is 0 Å². The lowest BCUT2D eigenvalue weighted by Crippen LogP contribution is -2.10. The molecule has 0 spiro atoms. The normalized spacial score (nSPS) is 10.9. The molecule has 4 nitrogen and oxygen atoms in total. The molecular weight excluding hydrogens is 176 g/mol. The zero-order chi connectivity index (χ0) is 10.3. The quantitative estimate of drug-likeness (QED) is 0.681. The van der Waals surface area contributed by atoms with Crippen molar-refractivity contribution >= 4 is 11.3 Å². The molecule has 0 amide bonds. The van der Waals surface area contributed by atoms with E-state index in [0.717, 1.165) is 22.7 Å². The van der Waals surface area contributed by atoms with Crippen LogP contribution < -0.4 is 4.90 Å². The molecule has 4 heteroatoms. The van der Waals surface area contributed by atoms with Crippen molar-refractivity contribution in [2.75, 3.05) is 19.0 Å². The monoisotopic (exact) mass is 190 g/mol. The zero-order valence-electron chi connectivity index (χ0n) is 8.94. The van der Waals surface area contributed by atoms with Gasteiger partial charge >= 0.3 is 0 Å². The molecular formula is C10H14N4. The second kappa shape index (κ2) is 2.97. The van der Waals surface area contributed by atoms with Crippen molar-refractivity contribution in [2.45, 2.75) is 13.8 Å². The summed E-state index contributed by atoms with van der Waals surface area (Å²) < 4.78 is 1.82. The lowest BCUT2D eigenvalue weighted by atomic mass is 10.3. The Hall–Kier alpha value is -1.58. The van der Waals surface area contributed by atoms with E-state index in [1.54, 1.807) is 0 Å². The Balaban J connectivity index is 2.79. The largest absolute Gasteiger partial charge is 0.373 e. The van der Waals surface area contributed by atoms with Crippen LogP contribution in [0.4, 0.5) is 5.69 Å². The third-order valence-electron chi connectivity index (χ3n) is 2.22. The molecule has 2 heterocycles. The Bertz CT molecular complexity index is 470. The number of nitrogens with zero attached hydrogens (tertiary/aromatic N) is 4. The van der Waals surface area contributed by atoms with Gasteiger partial charge in [0.25, 0.3) is 0 Å². The molecule has 0 unspecified atom stereocenters. The maximum atomic E-state index is 4.48. The van der Waals surface area contributed by atoms with Crippen molar-refractivity contribution in [1.82, 2.24) is 14.6 Å². The van der Waals surface area contributed by atoms with Gasteiger partial charge in [0, 0.05) is 26.0 Å². The number of fused-ring (bicyclic) bond motifs is 1. The van der Waals surface area contributed by atoms with Gasteiger partial charge in [0.05, 0.1) is 5.69 Å². The van der Waals surface area contributed by atoms with Gasteiger partial charge in [-0.3, -0.25) is 0 Å². The SMILES string of the molecule is Cc1ccn2nc(C)c(N(C)C)c2n1. The van der Waals surface area contributed by atoms with Gasteiger partial charge in [-0.05, 0) is 19.9 Å². The molecule has 74 valence electrons. The van der Waals surface area contributed by atoms with E-state index in [-0.39, 0.29) is 0 Å². The van der Waals surface area contributed by atoms with Crippen LogP contribution in [0.15, 0.2) is 12.3 Å². The molecule has 0 aliphatic carbocycles. The summed E-state index contributed by atoms with van der Waals surface area (Å²) >= 11 is 0. The number of rotatable bonds is 1. The third kappa shape index (κ3) is 1.23. The Morgan fingerprint density at radius 2 is 2.00 bits per heavy atom. The van der Waals surface area contributed by atoms with E-state index in [1.165, 1.54) is 0 Å². The highest BCUT2D eigenvalue weighted by molar-refractivity contribution is 5.71. The first kappa shape index (κ1) is 8.99. The van der Waals surface area contributed by atoms with Crippen molar-refractivity contribution in [3.63, 3.8) is 0 Å². The van der Waals surface area contributed by atoms with Crippen LogP contribution in [-0.2, 0) is 0 Å². The van der Waals surface area contributed by atoms with Gasteiger partial charge in [0.15, 0.2) is 5.65 Å². The van der Waals surface area contributed by atoms with Crippen molar-refractivity contribution in [3.05, 3.63) is 23.7 Å². The highest BCUT2D eigenvalue weighted by Crippen LogP contribution is 2.21. The van der Waals surface area contributed by atoms with Crippen LogP contribution in [0.3, 0.4) is 0 Å². The average Bonchev–Trinajstić information content (AvgIpc) is 2.40. The van der Waals surface area contributed by atoms with Crippen molar-refractivity contribution in [2.24, 2.45) is 0 Å². The van der Waals surface area contributed by atoms with E-state index in [1.807, 2.05) is 49.6 Å². The molecule has 0 fully saturated rings. The summed E-state index contributed by atoms with van der Waals surface area (Å²) in [6, 6.07) is 1.96.